The quantitative estimate of drug-likeness (QED) is 0.824. The molecule has 0 fully saturated rings. The smallest absolute Gasteiger partial charge is 0.0746 e. The molecule has 0 spiro atoms. The Morgan fingerprint density at radius 2 is 2.11 bits per heavy atom. The Bertz CT molecular complexity index is 393. The molecule has 1 rings (SSSR count). The van der Waals surface area contributed by atoms with Crippen molar-refractivity contribution in [2.24, 2.45) is 5.92 Å². The van der Waals surface area contributed by atoms with Crippen molar-refractivity contribution >= 4 is 27.5 Å². The van der Waals surface area contributed by atoms with Crippen molar-refractivity contribution in [3.8, 4) is 0 Å². The van der Waals surface area contributed by atoms with Gasteiger partial charge in [-0.05, 0) is 37.0 Å². The molecule has 2 nitrogen and oxygen atoms in total. The van der Waals surface area contributed by atoms with Crippen molar-refractivity contribution in [2.75, 3.05) is 6.54 Å². The molecule has 1 unspecified atom stereocenters. The summed E-state index contributed by atoms with van der Waals surface area (Å²) in [6, 6.07) is 5.83. The molecule has 1 aromatic carbocycles. The largest absolute Gasteiger partial charge is 0.389 e. The fraction of sp³-hybridized carbons (Fsp3) is 0.571. The van der Waals surface area contributed by atoms with Crippen LogP contribution in [0.1, 0.15) is 32.8 Å². The summed E-state index contributed by atoms with van der Waals surface area (Å²) in [6.07, 6.45) is 0.786. The number of hydrogen-bond donors (Lipinski definition) is 2. The molecule has 1 aromatic rings. The van der Waals surface area contributed by atoms with Gasteiger partial charge in [0.25, 0.3) is 0 Å². The molecule has 4 heteroatoms. The summed E-state index contributed by atoms with van der Waals surface area (Å²) in [5.41, 5.74) is 0.371. The van der Waals surface area contributed by atoms with Gasteiger partial charge in [-0.15, -0.1) is 0 Å². The molecule has 0 aromatic heterocycles. The minimum absolute atomic E-state index is 0.484. The molecule has 0 saturated carbocycles. The number of aliphatic hydroxyl groups is 1. The monoisotopic (exact) mass is 333 g/mol. The fourth-order valence-electron chi connectivity index (χ4n) is 2.08. The highest BCUT2D eigenvalue weighted by Gasteiger charge is 2.21. The zero-order valence-corrected chi connectivity index (χ0v) is 13.5. The molecular weight excluding hydrogens is 314 g/mol. The number of nitrogens with one attached hydrogen (secondary N) is 1. The third-order valence-corrected chi connectivity index (χ3v) is 3.53. The minimum Gasteiger partial charge on any atom is -0.389 e. The summed E-state index contributed by atoms with van der Waals surface area (Å²) >= 11 is 9.51. The van der Waals surface area contributed by atoms with Crippen molar-refractivity contribution in [2.45, 2.75) is 39.3 Å². The molecule has 1 atom stereocenters. The second kappa shape index (κ2) is 6.90. The van der Waals surface area contributed by atoms with E-state index in [1.165, 1.54) is 0 Å². The summed E-state index contributed by atoms with van der Waals surface area (Å²) in [5.74, 6) is 0.484. The molecule has 0 aliphatic carbocycles. The van der Waals surface area contributed by atoms with Crippen LogP contribution >= 0.6 is 27.5 Å². The maximum absolute atomic E-state index is 10.2. The molecule has 0 aliphatic heterocycles. The molecule has 0 saturated heterocycles. The zero-order chi connectivity index (χ0) is 13.8. The average molecular weight is 335 g/mol. The second-order valence-electron chi connectivity index (χ2n) is 5.43. The SMILES string of the molecule is CC(C)CC(C)(O)CNCc1ccc(Br)cc1Cl. The van der Waals surface area contributed by atoms with E-state index in [0.717, 1.165) is 21.5 Å². The molecule has 0 aliphatic rings. The number of rotatable bonds is 6. The molecule has 18 heavy (non-hydrogen) atoms. The number of halogens is 2. The van der Waals surface area contributed by atoms with Gasteiger partial charge in [0.1, 0.15) is 0 Å². The first-order valence-electron chi connectivity index (χ1n) is 6.17. The van der Waals surface area contributed by atoms with Gasteiger partial charge in [-0.25, -0.2) is 0 Å². The third kappa shape index (κ3) is 5.70. The molecule has 2 N–H and O–H groups in total. The first kappa shape index (κ1) is 16.0. The summed E-state index contributed by atoms with van der Waals surface area (Å²) in [4.78, 5) is 0. The lowest BCUT2D eigenvalue weighted by atomic mass is 9.94. The van der Waals surface area contributed by atoms with E-state index in [-0.39, 0.29) is 0 Å². The molecule has 0 bridgehead atoms. The highest BCUT2D eigenvalue weighted by atomic mass is 79.9. The lowest BCUT2D eigenvalue weighted by Crippen LogP contribution is -2.38. The maximum atomic E-state index is 10.2. The van der Waals surface area contributed by atoms with Gasteiger partial charge in [0.05, 0.1) is 5.60 Å². The summed E-state index contributed by atoms with van der Waals surface area (Å²) < 4.78 is 0.975. The van der Waals surface area contributed by atoms with Gasteiger partial charge in [0.2, 0.25) is 0 Å². The predicted octanol–water partition coefficient (Wildman–Crippen LogP) is 3.99. The van der Waals surface area contributed by atoms with Crippen LogP contribution in [-0.4, -0.2) is 17.3 Å². The van der Waals surface area contributed by atoms with Gasteiger partial charge in [0, 0.05) is 22.6 Å². The Hall–Kier alpha value is -0.0900. The topological polar surface area (TPSA) is 32.3 Å². The average Bonchev–Trinajstić information content (AvgIpc) is 2.19. The third-order valence-electron chi connectivity index (χ3n) is 2.68. The zero-order valence-electron chi connectivity index (χ0n) is 11.1. The van der Waals surface area contributed by atoms with Crippen LogP contribution in [0.3, 0.4) is 0 Å². The first-order valence-corrected chi connectivity index (χ1v) is 7.34. The standard InChI is InChI=1S/C14H21BrClNO/c1-10(2)7-14(3,18)9-17-8-11-4-5-12(15)6-13(11)16/h4-6,10,17-18H,7-9H2,1-3H3. The van der Waals surface area contributed by atoms with Crippen LogP contribution < -0.4 is 5.32 Å². The molecule has 0 heterocycles. The Balaban J connectivity index is 2.46. The Morgan fingerprint density at radius 1 is 1.44 bits per heavy atom. The van der Waals surface area contributed by atoms with E-state index < -0.39 is 5.60 Å². The second-order valence-corrected chi connectivity index (χ2v) is 6.76. The van der Waals surface area contributed by atoms with Gasteiger partial charge in [-0.2, -0.15) is 0 Å². The lowest BCUT2D eigenvalue weighted by molar-refractivity contribution is 0.0383. The van der Waals surface area contributed by atoms with E-state index in [1.807, 2.05) is 25.1 Å². The van der Waals surface area contributed by atoms with Crippen molar-refractivity contribution < 1.29 is 5.11 Å². The van der Waals surface area contributed by atoms with Crippen molar-refractivity contribution in [3.05, 3.63) is 33.3 Å². The normalized spacial score (nSPS) is 14.8. The minimum atomic E-state index is -0.671. The Kier molecular flexibility index (Phi) is 6.12. The summed E-state index contributed by atoms with van der Waals surface area (Å²) in [5, 5.41) is 14.2. The van der Waals surface area contributed by atoms with E-state index >= 15 is 0 Å². The van der Waals surface area contributed by atoms with Gasteiger partial charge in [0.15, 0.2) is 0 Å². The van der Waals surface area contributed by atoms with E-state index in [0.29, 0.717) is 19.0 Å². The predicted molar refractivity (Wildman–Crippen MR) is 80.9 cm³/mol. The molecule has 0 radical (unpaired) electrons. The molecule has 102 valence electrons. The van der Waals surface area contributed by atoms with E-state index in [2.05, 4.69) is 35.1 Å². The van der Waals surface area contributed by atoms with Crippen LogP contribution in [0.15, 0.2) is 22.7 Å². The summed E-state index contributed by atoms with van der Waals surface area (Å²) in [7, 11) is 0. The Labute approximate surface area is 123 Å². The molecular formula is C14H21BrClNO. The highest BCUT2D eigenvalue weighted by molar-refractivity contribution is 9.10. The van der Waals surface area contributed by atoms with Gasteiger partial charge in [-0.1, -0.05) is 47.4 Å². The lowest BCUT2D eigenvalue weighted by Gasteiger charge is -2.25. The van der Waals surface area contributed by atoms with Crippen molar-refractivity contribution in [1.29, 1.82) is 0 Å². The fourth-order valence-corrected chi connectivity index (χ4v) is 2.82. The van der Waals surface area contributed by atoms with E-state index in [9.17, 15) is 5.11 Å². The van der Waals surface area contributed by atoms with Gasteiger partial charge in [-0.3, -0.25) is 0 Å². The number of benzene rings is 1. The first-order chi connectivity index (χ1) is 8.30. The van der Waals surface area contributed by atoms with Crippen molar-refractivity contribution in [1.82, 2.24) is 5.32 Å². The van der Waals surface area contributed by atoms with Gasteiger partial charge >= 0.3 is 0 Å². The van der Waals surface area contributed by atoms with E-state index in [1.54, 1.807) is 0 Å². The maximum Gasteiger partial charge on any atom is 0.0746 e. The van der Waals surface area contributed by atoms with Crippen LogP contribution in [0.5, 0.6) is 0 Å². The van der Waals surface area contributed by atoms with E-state index in [4.69, 9.17) is 11.6 Å². The van der Waals surface area contributed by atoms with Crippen molar-refractivity contribution in [3.63, 3.8) is 0 Å². The Morgan fingerprint density at radius 3 is 2.67 bits per heavy atom. The van der Waals surface area contributed by atoms with Crippen LogP contribution in [0.4, 0.5) is 0 Å². The summed E-state index contributed by atoms with van der Waals surface area (Å²) in [6.45, 7) is 7.32. The highest BCUT2D eigenvalue weighted by Crippen LogP contribution is 2.21. The van der Waals surface area contributed by atoms with Gasteiger partial charge < -0.3 is 10.4 Å². The number of hydrogen-bond acceptors (Lipinski definition) is 2. The molecule has 0 amide bonds. The van der Waals surface area contributed by atoms with Crippen LogP contribution in [0.2, 0.25) is 5.02 Å². The van der Waals surface area contributed by atoms with Crippen LogP contribution in [0, 0.1) is 5.92 Å². The van der Waals surface area contributed by atoms with Crippen LogP contribution in [0.25, 0.3) is 0 Å². The van der Waals surface area contributed by atoms with Crippen LogP contribution in [-0.2, 0) is 6.54 Å².